The largest absolute Gasteiger partial charge is 0.490 e. The molecule has 3 rings (SSSR count). The third-order valence-corrected chi connectivity index (χ3v) is 5.36. The first-order valence-corrected chi connectivity index (χ1v) is 11.5. The molecule has 0 aromatic heterocycles. The minimum Gasteiger partial charge on any atom is -0.490 e. The Labute approximate surface area is 209 Å². The number of hydrogen-bond donors (Lipinski definition) is 5. The molecule has 0 saturated carbocycles. The number of carbonyl (C=O) groups excluding carboxylic acids is 2. The summed E-state index contributed by atoms with van der Waals surface area (Å²) in [5.41, 5.74) is 3.94. The Kier molecular flexibility index (Phi) is 9.41. The highest BCUT2D eigenvalue weighted by Gasteiger charge is 2.09. The van der Waals surface area contributed by atoms with Crippen LogP contribution in [0.15, 0.2) is 66.7 Å². The number of ketones is 1. The van der Waals surface area contributed by atoms with Crippen LogP contribution in [0, 0.1) is 6.92 Å². The van der Waals surface area contributed by atoms with Crippen LogP contribution >= 0.6 is 0 Å². The highest BCUT2D eigenvalue weighted by atomic mass is 16.5. The Bertz CT molecular complexity index is 1210. The van der Waals surface area contributed by atoms with E-state index < -0.39 is 5.97 Å². The SMILES string of the molecule is CNc1cc(C(=O)O)ccc1OCCNCC(=O)Cc1ccc(NC(=O)Nc2ccccc2C)cc1. The van der Waals surface area contributed by atoms with E-state index in [4.69, 9.17) is 9.84 Å². The molecule has 5 N–H and O–H groups in total. The number of Topliss-reactive ketones (excluding diaryl/α,β-unsaturated/α-hetero) is 1. The number of nitrogens with one attached hydrogen (secondary N) is 4. The topological polar surface area (TPSA) is 129 Å². The molecule has 0 bridgehead atoms. The second kappa shape index (κ2) is 12.9. The second-order valence-corrected chi connectivity index (χ2v) is 8.10. The van der Waals surface area contributed by atoms with E-state index in [-0.39, 0.29) is 30.3 Å². The van der Waals surface area contributed by atoms with E-state index in [1.165, 1.54) is 12.1 Å². The van der Waals surface area contributed by atoms with E-state index in [0.29, 0.717) is 30.3 Å². The summed E-state index contributed by atoms with van der Waals surface area (Å²) in [6.07, 6.45) is 0.268. The normalized spacial score (nSPS) is 10.4. The summed E-state index contributed by atoms with van der Waals surface area (Å²) in [5.74, 6) is -0.445. The average Bonchev–Trinajstić information content (AvgIpc) is 2.86. The second-order valence-electron chi connectivity index (χ2n) is 8.10. The van der Waals surface area contributed by atoms with Crippen molar-refractivity contribution in [2.24, 2.45) is 0 Å². The Hall–Kier alpha value is -4.37. The van der Waals surface area contributed by atoms with Crippen LogP contribution < -0.4 is 26.0 Å². The summed E-state index contributed by atoms with van der Waals surface area (Å²) in [4.78, 5) is 35.6. The average molecular weight is 491 g/mol. The Morgan fingerprint density at radius 1 is 0.917 bits per heavy atom. The Morgan fingerprint density at radius 3 is 2.36 bits per heavy atom. The number of amides is 2. The maximum absolute atomic E-state index is 12.3. The molecule has 36 heavy (non-hydrogen) atoms. The van der Waals surface area contributed by atoms with Crippen LogP contribution in [0.2, 0.25) is 0 Å². The van der Waals surface area contributed by atoms with Gasteiger partial charge in [-0.1, -0.05) is 30.3 Å². The standard InChI is InChI=1S/C27H30N4O5/c1-18-5-3-4-6-23(18)31-27(35)30-21-10-7-19(8-11-21)15-22(32)17-29-13-14-36-25-12-9-20(26(33)34)16-24(25)28-2/h3-12,16,28-29H,13-15,17H2,1-2H3,(H,33,34)(H2,30,31,35). The number of aryl methyl sites for hydroxylation is 1. The van der Waals surface area contributed by atoms with Crippen LogP contribution in [0.1, 0.15) is 21.5 Å². The molecule has 0 aliphatic heterocycles. The van der Waals surface area contributed by atoms with Crippen molar-refractivity contribution in [2.45, 2.75) is 13.3 Å². The molecular weight excluding hydrogens is 460 g/mol. The molecule has 0 atom stereocenters. The molecule has 0 aliphatic rings. The lowest BCUT2D eigenvalue weighted by Crippen LogP contribution is -2.28. The summed E-state index contributed by atoms with van der Waals surface area (Å²) in [5, 5.41) is 20.6. The van der Waals surface area contributed by atoms with Crippen LogP contribution in [0.25, 0.3) is 0 Å². The van der Waals surface area contributed by atoms with E-state index in [2.05, 4.69) is 21.3 Å². The number of carboxylic acids is 1. The van der Waals surface area contributed by atoms with Gasteiger partial charge >= 0.3 is 12.0 Å². The van der Waals surface area contributed by atoms with Crippen LogP contribution in [0.4, 0.5) is 21.9 Å². The number of anilines is 3. The van der Waals surface area contributed by atoms with Gasteiger partial charge < -0.3 is 31.1 Å². The van der Waals surface area contributed by atoms with E-state index in [9.17, 15) is 14.4 Å². The zero-order valence-electron chi connectivity index (χ0n) is 20.3. The van der Waals surface area contributed by atoms with Crippen molar-refractivity contribution in [1.29, 1.82) is 0 Å². The maximum atomic E-state index is 12.3. The summed E-state index contributed by atoms with van der Waals surface area (Å²) in [6, 6.07) is 18.9. The third-order valence-electron chi connectivity index (χ3n) is 5.36. The maximum Gasteiger partial charge on any atom is 0.335 e. The monoisotopic (exact) mass is 490 g/mol. The zero-order chi connectivity index (χ0) is 25.9. The van der Waals surface area contributed by atoms with E-state index >= 15 is 0 Å². The zero-order valence-corrected chi connectivity index (χ0v) is 20.3. The van der Waals surface area contributed by atoms with Gasteiger partial charge in [-0.3, -0.25) is 4.79 Å². The molecule has 3 aromatic rings. The first-order valence-electron chi connectivity index (χ1n) is 11.5. The fourth-order valence-electron chi connectivity index (χ4n) is 3.44. The number of carboxylic acid groups (broad SMARTS) is 1. The van der Waals surface area contributed by atoms with Gasteiger partial charge in [0.25, 0.3) is 0 Å². The lowest BCUT2D eigenvalue weighted by Gasteiger charge is -2.12. The van der Waals surface area contributed by atoms with Crippen LogP contribution in [0.5, 0.6) is 5.75 Å². The number of ether oxygens (including phenoxy) is 1. The Morgan fingerprint density at radius 2 is 1.67 bits per heavy atom. The number of aromatic carboxylic acids is 1. The molecule has 0 heterocycles. The predicted molar refractivity (Wildman–Crippen MR) is 140 cm³/mol. The van der Waals surface area contributed by atoms with Gasteiger partial charge in [-0.25, -0.2) is 9.59 Å². The van der Waals surface area contributed by atoms with Crippen LogP contribution in [-0.4, -0.2) is 49.6 Å². The molecule has 0 radical (unpaired) electrons. The number of benzene rings is 3. The molecule has 0 unspecified atom stereocenters. The molecule has 188 valence electrons. The minimum absolute atomic E-state index is 0.0229. The van der Waals surface area contributed by atoms with Gasteiger partial charge in [-0.2, -0.15) is 0 Å². The lowest BCUT2D eigenvalue weighted by molar-refractivity contribution is -0.117. The van der Waals surface area contributed by atoms with Gasteiger partial charge in [-0.15, -0.1) is 0 Å². The summed E-state index contributed by atoms with van der Waals surface area (Å²) in [6.45, 7) is 2.89. The number of carbonyl (C=O) groups is 3. The smallest absolute Gasteiger partial charge is 0.335 e. The lowest BCUT2D eigenvalue weighted by atomic mass is 10.1. The quantitative estimate of drug-likeness (QED) is 0.241. The van der Waals surface area contributed by atoms with E-state index in [1.807, 2.05) is 43.3 Å². The van der Waals surface area contributed by atoms with Gasteiger partial charge in [-0.05, 0) is 54.4 Å². The highest BCUT2D eigenvalue weighted by molar-refractivity contribution is 6.00. The summed E-state index contributed by atoms with van der Waals surface area (Å²) >= 11 is 0. The Balaban J connectivity index is 1.37. The fourth-order valence-corrected chi connectivity index (χ4v) is 3.44. The molecule has 9 nitrogen and oxygen atoms in total. The first-order chi connectivity index (χ1) is 17.4. The summed E-state index contributed by atoms with van der Waals surface area (Å²) < 4.78 is 5.68. The number of para-hydroxylation sites is 1. The number of rotatable bonds is 12. The van der Waals surface area contributed by atoms with Crippen LogP contribution in [-0.2, 0) is 11.2 Å². The predicted octanol–water partition coefficient (Wildman–Crippen LogP) is 4.16. The minimum atomic E-state index is -1.01. The molecule has 2 amide bonds. The fraction of sp³-hybridized carbons (Fsp3) is 0.222. The van der Waals surface area contributed by atoms with Crippen molar-refractivity contribution in [3.8, 4) is 5.75 Å². The number of hydrogen-bond acceptors (Lipinski definition) is 6. The molecule has 0 fully saturated rings. The van der Waals surface area contributed by atoms with E-state index in [1.54, 1.807) is 25.2 Å². The first kappa shape index (κ1) is 26.2. The molecule has 0 spiro atoms. The summed E-state index contributed by atoms with van der Waals surface area (Å²) in [7, 11) is 1.69. The molecule has 9 heteroatoms. The number of urea groups is 1. The molecule has 0 saturated heterocycles. The van der Waals surface area contributed by atoms with E-state index in [0.717, 1.165) is 16.8 Å². The van der Waals surface area contributed by atoms with Crippen molar-refractivity contribution in [1.82, 2.24) is 5.32 Å². The van der Waals surface area contributed by atoms with Gasteiger partial charge in [0.05, 0.1) is 17.8 Å². The molecule has 3 aromatic carbocycles. The van der Waals surface area contributed by atoms with Crippen molar-refractivity contribution < 1.29 is 24.2 Å². The van der Waals surface area contributed by atoms with Crippen molar-refractivity contribution in [3.63, 3.8) is 0 Å². The van der Waals surface area contributed by atoms with Crippen molar-refractivity contribution >= 4 is 34.8 Å². The molecule has 0 aliphatic carbocycles. The van der Waals surface area contributed by atoms with Crippen LogP contribution in [0.3, 0.4) is 0 Å². The van der Waals surface area contributed by atoms with Gasteiger partial charge in [0.2, 0.25) is 0 Å². The highest BCUT2D eigenvalue weighted by Crippen LogP contribution is 2.25. The molecular formula is C27H30N4O5. The van der Waals surface area contributed by atoms with Crippen molar-refractivity contribution in [2.75, 3.05) is 42.7 Å². The van der Waals surface area contributed by atoms with Crippen molar-refractivity contribution in [3.05, 3.63) is 83.4 Å². The van der Waals surface area contributed by atoms with Gasteiger partial charge in [0, 0.05) is 31.4 Å². The third kappa shape index (κ3) is 7.85. The van der Waals surface area contributed by atoms with Gasteiger partial charge in [0.15, 0.2) is 5.78 Å². The van der Waals surface area contributed by atoms with Gasteiger partial charge in [0.1, 0.15) is 12.4 Å².